The van der Waals surface area contributed by atoms with E-state index >= 15 is 0 Å². The summed E-state index contributed by atoms with van der Waals surface area (Å²) in [6.07, 6.45) is 0. The molecule has 0 aliphatic carbocycles. The van der Waals surface area contributed by atoms with E-state index in [9.17, 15) is 5.11 Å². The Kier molecular flexibility index (Phi) is 1.98. The van der Waals surface area contributed by atoms with E-state index in [4.69, 9.17) is 0 Å². The molecule has 2 nitrogen and oxygen atoms in total. The molecule has 80 valence electrons. The number of benzene rings is 2. The van der Waals surface area contributed by atoms with Crippen LogP contribution in [0.4, 0.5) is 0 Å². The molecular weight excluding hydrogens is 198 g/mol. The van der Waals surface area contributed by atoms with Crippen LogP contribution in [0.15, 0.2) is 42.5 Å². The molecular formula is C14H13NO. The normalized spacial score (nSPS) is 11.4. The quantitative estimate of drug-likeness (QED) is 0.658. The van der Waals surface area contributed by atoms with Crippen LogP contribution in [0.25, 0.3) is 21.8 Å². The first-order valence-corrected chi connectivity index (χ1v) is 5.39. The molecule has 16 heavy (non-hydrogen) atoms. The third-order valence-electron chi connectivity index (χ3n) is 3.18. The average molecular weight is 211 g/mol. The molecule has 1 heterocycles. The summed E-state index contributed by atoms with van der Waals surface area (Å²) < 4.78 is 2.15. The Morgan fingerprint density at radius 3 is 2.56 bits per heavy atom. The van der Waals surface area contributed by atoms with Gasteiger partial charge in [-0.25, -0.2) is 0 Å². The second-order valence-corrected chi connectivity index (χ2v) is 4.05. The van der Waals surface area contributed by atoms with E-state index in [1.54, 1.807) is 0 Å². The minimum Gasteiger partial charge on any atom is -0.392 e. The lowest BCUT2D eigenvalue weighted by molar-refractivity contribution is 0.283. The van der Waals surface area contributed by atoms with E-state index in [1.807, 2.05) is 31.3 Å². The van der Waals surface area contributed by atoms with Crippen molar-refractivity contribution in [3.05, 3.63) is 48.0 Å². The largest absolute Gasteiger partial charge is 0.392 e. The van der Waals surface area contributed by atoms with Crippen LogP contribution in [0.1, 0.15) is 5.56 Å². The van der Waals surface area contributed by atoms with Crippen molar-refractivity contribution in [1.82, 2.24) is 4.57 Å². The topological polar surface area (TPSA) is 25.2 Å². The van der Waals surface area contributed by atoms with Crippen LogP contribution in [0.5, 0.6) is 0 Å². The third-order valence-corrected chi connectivity index (χ3v) is 3.18. The van der Waals surface area contributed by atoms with Crippen molar-refractivity contribution in [2.24, 2.45) is 7.05 Å². The van der Waals surface area contributed by atoms with Gasteiger partial charge >= 0.3 is 0 Å². The van der Waals surface area contributed by atoms with Crippen molar-refractivity contribution in [2.75, 3.05) is 0 Å². The Morgan fingerprint density at radius 1 is 1.00 bits per heavy atom. The predicted molar refractivity (Wildman–Crippen MR) is 66.3 cm³/mol. The highest BCUT2D eigenvalue weighted by Crippen LogP contribution is 2.29. The van der Waals surface area contributed by atoms with Gasteiger partial charge in [0.25, 0.3) is 0 Å². The number of rotatable bonds is 1. The smallest absolute Gasteiger partial charge is 0.0702 e. The summed E-state index contributed by atoms with van der Waals surface area (Å²) in [6.45, 7) is 0.0848. The van der Waals surface area contributed by atoms with Crippen LogP contribution < -0.4 is 0 Å². The predicted octanol–water partition coefficient (Wildman–Crippen LogP) is 2.82. The van der Waals surface area contributed by atoms with Gasteiger partial charge in [-0.1, -0.05) is 36.4 Å². The maximum absolute atomic E-state index is 9.37. The van der Waals surface area contributed by atoms with Gasteiger partial charge in [0, 0.05) is 28.9 Å². The van der Waals surface area contributed by atoms with E-state index in [1.165, 1.54) is 16.3 Å². The zero-order valence-electron chi connectivity index (χ0n) is 9.14. The second-order valence-electron chi connectivity index (χ2n) is 4.05. The lowest BCUT2D eigenvalue weighted by Crippen LogP contribution is -1.92. The maximum atomic E-state index is 9.37. The molecule has 0 bridgehead atoms. The Hall–Kier alpha value is -1.80. The summed E-state index contributed by atoms with van der Waals surface area (Å²) >= 11 is 0. The van der Waals surface area contributed by atoms with Gasteiger partial charge < -0.3 is 9.67 Å². The third kappa shape index (κ3) is 1.11. The van der Waals surface area contributed by atoms with Gasteiger partial charge in [-0.15, -0.1) is 0 Å². The lowest BCUT2D eigenvalue weighted by atomic mass is 10.1. The van der Waals surface area contributed by atoms with Gasteiger partial charge in [0.2, 0.25) is 0 Å². The molecule has 2 aromatic carbocycles. The summed E-state index contributed by atoms with van der Waals surface area (Å²) in [5, 5.41) is 11.8. The highest BCUT2D eigenvalue weighted by Gasteiger charge is 2.09. The van der Waals surface area contributed by atoms with Crippen LogP contribution in [-0.4, -0.2) is 9.67 Å². The molecule has 1 aromatic heterocycles. The van der Waals surface area contributed by atoms with E-state index in [2.05, 4.69) is 22.8 Å². The number of aryl methyl sites for hydroxylation is 1. The first kappa shape index (κ1) is 9.43. The number of para-hydroxylation sites is 2. The first-order chi connectivity index (χ1) is 7.83. The summed E-state index contributed by atoms with van der Waals surface area (Å²) in [6, 6.07) is 14.4. The van der Waals surface area contributed by atoms with Crippen LogP contribution in [0, 0.1) is 0 Å². The SMILES string of the molecule is Cn1c2ccccc2c2cccc(CO)c21. The van der Waals surface area contributed by atoms with Gasteiger partial charge in [0.05, 0.1) is 12.1 Å². The summed E-state index contributed by atoms with van der Waals surface area (Å²) in [5.74, 6) is 0. The molecule has 0 saturated carbocycles. The highest BCUT2D eigenvalue weighted by molar-refractivity contribution is 6.08. The number of fused-ring (bicyclic) bond motifs is 3. The maximum Gasteiger partial charge on any atom is 0.0702 e. The number of hydrogen-bond acceptors (Lipinski definition) is 1. The van der Waals surface area contributed by atoms with Crippen LogP contribution in [0.3, 0.4) is 0 Å². The van der Waals surface area contributed by atoms with E-state index in [-0.39, 0.29) is 6.61 Å². The van der Waals surface area contributed by atoms with Crippen molar-refractivity contribution >= 4 is 21.8 Å². The number of nitrogens with zero attached hydrogens (tertiary/aromatic N) is 1. The minimum absolute atomic E-state index is 0.0848. The van der Waals surface area contributed by atoms with Crippen molar-refractivity contribution in [3.8, 4) is 0 Å². The Bertz CT molecular complexity index is 667. The van der Waals surface area contributed by atoms with Crippen molar-refractivity contribution in [1.29, 1.82) is 0 Å². The summed E-state index contributed by atoms with van der Waals surface area (Å²) in [7, 11) is 2.05. The van der Waals surface area contributed by atoms with Crippen molar-refractivity contribution in [3.63, 3.8) is 0 Å². The Labute approximate surface area is 93.7 Å². The molecule has 2 heteroatoms. The fourth-order valence-corrected chi connectivity index (χ4v) is 2.45. The zero-order chi connectivity index (χ0) is 11.1. The monoisotopic (exact) mass is 211 g/mol. The minimum atomic E-state index is 0.0848. The second kappa shape index (κ2) is 3.35. The lowest BCUT2D eigenvalue weighted by Gasteiger charge is -2.02. The van der Waals surface area contributed by atoms with Gasteiger partial charge in [-0.05, 0) is 6.07 Å². The van der Waals surface area contributed by atoms with Crippen molar-refractivity contribution < 1.29 is 5.11 Å². The molecule has 0 saturated heterocycles. The Morgan fingerprint density at radius 2 is 1.75 bits per heavy atom. The van der Waals surface area contributed by atoms with Crippen LogP contribution >= 0.6 is 0 Å². The van der Waals surface area contributed by atoms with Gasteiger partial charge in [0.1, 0.15) is 0 Å². The van der Waals surface area contributed by atoms with E-state index in [0.29, 0.717) is 0 Å². The van der Waals surface area contributed by atoms with Crippen LogP contribution in [-0.2, 0) is 13.7 Å². The summed E-state index contributed by atoms with van der Waals surface area (Å²) in [5.41, 5.74) is 3.32. The molecule has 3 rings (SSSR count). The Balaban J connectivity index is 2.61. The molecule has 0 spiro atoms. The van der Waals surface area contributed by atoms with Gasteiger partial charge in [-0.3, -0.25) is 0 Å². The van der Waals surface area contributed by atoms with Crippen LogP contribution in [0.2, 0.25) is 0 Å². The number of aliphatic hydroxyl groups excluding tert-OH is 1. The number of aliphatic hydroxyl groups is 1. The molecule has 0 amide bonds. The number of hydrogen-bond donors (Lipinski definition) is 1. The fraction of sp³-hybridized carbons (Fsp3) is 0.143. The summed E-state index contributed by atoms with van der Waals surface area (Å²) in [4.78, 5) is 0. The fourth-order valence-electron chi connectivity index (χ4n) is 2.45. The molecule has 3 aromatic rings. The van der Waals surface area contributed by atoms with E-state index < -0.39 is 0 Å². The van der Waals surface area contributed by atoms with Crippen molar-refractivity contribution in [2.45, 2.75) is 6.61 Å². The standard InChI is InChI=1S/C14H13NO/c1-15-13-8-3-2-6-11(13)12-7-4-5-10(9-16)14(12)15/h2-8,16H,9H2,1H3. The van der Waals surface area contributed by atoms with Gasteiger partial charge in [0.15, 0.2) is 0 Å². The number of aromatic nitrogens is 1. The molecule has 0 unspecified atom stereocenters. The molecule has 0 atom stereocenters. The highest BCUT2D eigenvalue weighted by atomic mass is 16.3. The average Bonchev–Trinajstić information content (AvgIpc) is 2.64. The molecule has 0 aliphatic heterocycles. The first-order valence-electron chi connectivity index (χ1n) is 5.39. The zero-order valence-corrected chi connectivity index (χ0v) is 9.14. The van der Waals surface area contributed by atoms with E-state index in [0.717, 1.165) is 11.1 Å². The molecule has 1 N–H and O–H groups in total. The molecule has 0 fully saturated rings. The molecule has 0 aliphatic rings. The molecule has 0 radical (unpaired) electrons. The van der Waals surface area contributed by atoms with Gasteiger partial charge in [-0.2, -0.15) is 0 Å².